The molecule has 1 aromatic carbocycles. The molecule has 0 N–H and O–H groups in total. The van der Waals surface area contributed by atoms with Gasteiger partial charge in [0.15, 0.2) is 28.6 Å². The van der Waals surface area contributed by atoms with Gasteiger partial charge in [-0.15, -0.1) is 15.3 Å². The molecule has 0 spiro atoms. The molecule has 1 aliphatic heterocycles. The fraction of sp³-hybridized carbons (Fsp3) is 0.286. The summed E-state index contributed by atoms with van der Waals surface area (Å²) in [5.74, 6) is 2.77. The van der Waals surface area contributed by atoms with E-state index >= 15 is 0 Å². The van der Waals surface area contributed by atoms with Gasteiger partial charge in [-0.2, -0.15) is 0 Å². The van der Waals surface area contributed by atoms with E-state index in [-0.39, 0.29) is 6.10 Å². The van der Waals surface area contributed by atoms with Crippen LogP contribution in [0.5, 0.6) is 11.5 Å². The predicted molar refractivity (Wildman–Crippen MR) is 90.8 cm³/mol. The predicted octanol–water partition coefficient (Wildman–Crippen LogP) is 3.12. The molecule has 0 aliphatic carbocycles. The Bertz CT molecular complexity index is 868. The van der Waals surface area contributed by atoms with Crippen LogP contribution in [0.4, 0.5) is 0 Å². The summed E-state index contributed by atoms with van der Waals surface area (Å²) in [6, 6.07) is 7.59. The second-order valence-electron chi connectivity index (χ2n) is 5.05. The highest BCUT2D eigenvalue weighted by Gasteiger charge is 2.27. The van der Waals surface area contributed by atoms with Crippen LogP contribution in [0.25, 0.3) is 0 Å². The van der Waals surface area contributed by atoms with Crippen molar-refractivity contribution in [2.45, 2.75) is 17.0 Å². The summed E-state index contributed by atoms with van der Waals surface area (Å²) >= 11 is 8.70. The van der Waals surface area contributed by atoms with Gasteiger partial charge in [0.2, 0.25) is 0 Å². The lowest BCUT2D eigenvalue weighted by atomic mass is 10.2. The Kier molecular flexibility index (Phi) is 4.30. The maximum atomic E-state index is 6.02. The monoisotopic (exact) mass is 381 g/mol. The smallest absolute Gasteiger partial charge is 0.192 e. The van der Waals surface area contributed by atoms with E-state index in [1.165, 1.54) is 23.3 Å². The summed E-state index contributed by atoms with van der Waals surface area (Å²) in [7, 11) is 1.91. The maximum absolute atomic E-state index is 6.02. The van der Waals surface area contributed by atoms with Crippen LogP contribution in [0.1, 0.15) is 17.6 Å². The van der Waals surface area contributed by atoms with Gasteiger partial charge in [0, 0.05) is 24.3 Å². The van der Waals surface area contributed by atoms with Crippen LogP contribution < -0.4 is 9.47 Å². The molecule has 2 aromatic heterocycles. The van der Waals surface area contributed by atoms with Crippen molar-refractivity contribution in [3.63, 3.8) is 0 Å². The van der Waals surface area contributed by atoms with Gasteiger partial charge in [-0.25, -0.2) is 0 Å². The summed E-state index contributed by atoms with van der Waals surface area (Å²) < 4.78 is 18.1. The molecule has 124 valence electrons. The minimum Gasteiger partial charge on any atom is -0.485 e. The van der Waals surface area contributed by atoms with Gasteiger partial charge in [0.05, 0.1) is 0 Å². The van der Waals surface area contributed by atoms with Gasteiger partial charge in [-0.05, 0) is 12.1 Å². The third kappa shape index (κ3) is 2.94. The Morgan fingerprint density at radius 1 is 1.29 bits per heavy atom. The Labute approximate surface area is 151 Å². The molecule has 4 rings (SSSR count). The molecule has 0 saturated carbocycles. The van der Waals surface area contributed by atoms with Crippen LogP contribution in [0, 0.1) is 0 Å². The lowest BCUT2D eigenvalue weighted by Crippen LogP contribution is -2.24. The molecule has 0 amide bonds. The first-order chi connectivity index (χ1) is 11.7. The first-order valence-corrected chi connectivity index (χ1v) is 9.23. The number of thioether (sulfide) groups is 1. The number of aromatic nitrogens is 5. The van der Waals surface area contributed by atoms with E-state index in [0.29, 0.717) is 22.4 Å². The van der Waals surface area contributed by atoms with Crippen LogP contribution in [-0.2, 0) is 12.8 Å². The normalized spacial score (nSPS) is 16.3. The number of nitrogens with zero attached hydrogens (tertiary/aromatic N) is 5. The fourth-order valence-corrected chi connectivity index (χ4v) is 3.95. The molecule has 0 radical (unpaired) electrons. The molecule has 0 fully saturated rings. The lowest BCUT2D eigenvalue weighted by Gasteiger charge is -2.25. The number of hydrogen-bond acceptors (Lipinski definition) is 8. The molecule has 0 bridgehead atoms. The summed E-state index contributed by atoms with van der Waals surface area (Å²) in [6.07, 6.45) is -0.295. The van der Waals surface area contributed by atoms with E-state index in [1.54, 1.807) is 0 Å². The summed E-state index contributed by atoms with van der Waals surface area (Å²) in [6.45, 7) is 0.398. The Morgan fingerprint density at radius 2 is 2.12 bits per heavy atom. The Hall–Kier alpha value is -1.84. The number of halogens is 1. The quantitative estimate of drug-likeness (QED) is 0.642. The van der Waals surface area contributed by atoms with Crippen molar-refractivity contribution in [1.82, 2.24) is 24.4 Å². The molecule has 3 aromatic rings. The number of hydrogen-bond donors (Lipinski definition) is 0. The number of ether oxygens (including phenoxy) is 2. The molecule has 7 nitrogen and oxygen atoms in total. The third-order valence-electron chi connectivity index (χ3n) is 3.51. The van der Waals surface area contributed by atoms with Crippen LogP contribution in [0.3, 0.4) is 0 Å². The second kappa shape index (κ2) is 6.58. The molecule has 1 aliphatic rings. The van der Waals surface area contributed by atoms with Crippen molar-refractivity contribution in [3.8, 4) is 11.5 Å². The van der Waals surface area contributed by atoms with Gasteiger partial charge in [-0.1, -0.05) is 40.0 Å². The Balaban J connectivity index is 1.49. The van der Waals surface area contributed by atoms with E-state index in [4.69, 9.17) is 21.1 Å². The van der Waals surface area contributed by atoms with Crippen LogP contribution in [0.15, 0.2) is 29.4 Å². The average Bonchev–Trinajstić information content (AvgIpc) is 3.18. The lowest BCUT2D eigenvalue weighted by molar-refractivity contribution is 0.0825. The van der Waals surface area contributed by atoms with E-state index in [1.807, 2.05) is 35.9 Å². The summed E-state index contributed by atoms with van der Waals surface area (Å²) in [5.41, 5.74) is 0.752. The first kappa shape index (κ1) is 15.7. The topological polar surface area (TPSA) is 75.0 Å². The highest BCUT2D eigenvalue weighted by Crippen LogP contribution is 2.36. The van der Waals surface area contributed by atoms with Gasteiger partial charge >= 0.3 is 0 Å². The number of para-hydroxylation sites is 2. The van der Waals surface area contributed by atoms with Gasteiger partial charge in [-0.3, -0.25) is 0 Å². The van der Waals surface area contributed by atoms with E-state index in [9.17, 15) is 0 Å². The molecular weight excluding hydrogens is 370 g/mol. The zero-order valence-electron chi connectivity index (χ0n) is 12.5. The molecule has 24 heavy (non-hydrogen) atoms. The van der Waals surface area contributed by atoms with Crippen molar-refractivity contribution >= 4 is 34.9 Å². The number of rotatable bonds is 4. The van der Waals surface area contributed by atoms with Gasteiger partial charge in [0.25, 0.3) is 0 Å². The molecule has 0 saturated heterocycles. The first-order valence-electron chi connectivity index (χ1n) is 7.09. The molecule has 1 atom stereocenters. The maximum Gasteiger partial charge on any atom is 0.192 e. The molecular formula is C14H12ClN5O2S2. The van der Waals surface area contributed by atoms with Crippen LogP contribution in [-0.4, -0.2) is 31.0 Å². The SMILES string of the molecule is Cn1c(SCc2nnsc2Cl)nnc1C1COc2ccccc2O1. The van der Waals surface area contributed by atoms with Crippen molar-refractivity contribution in [2.24, 2.45) is 7.05 Å². The zero-order chi connectivity index (χ0) is 16.5. The van der Waals surface area contributed by atoms with Gasteiger partial charge in [0.1, 0.15) is 16.6 Å². The standard InChI is InChI=1S/C14H12ClN5O2S2/c1-20-13(11-6-21-9-4-2-3-5-10(9)22-11)17-18-14(20)23-7-8-12(15)24-19-16-8/h2-5,11H,6-7H2,1H3. The van der Waals surface area contributed by atoms with E-state index in [0.717, 1.165) is 22.4 Å². The minimum absolute atomic E-state index is 0.295. The third-order valence-corrected chi connectivity index (χ3v) is 5.53. The highest BCUT2D eigenvalue weighted by atomic mass is 35.5. The van der Waals surface area contributed by atoms with E-state index < -0.39 is 0 Å². The molecule has 1 unspecified atom stereocenters. The van der Waals surface area contributed by atoms with Crippen LogP contribution >= 0.6 is 34.9 Å². The second-order valence-corrected chi connectivity index (χ2v) is 7.34. The molecule has 3 heterocycles. The van der Waals surface area contributed by atoms with Crippen molar-refractivity contribution < 1.29 is 9.47 Å². The van der Waals surface area contributed by atoms with Crippen molar-refractivity contribution in [2.75, 3.05) is 6.61 Å². The highest BCUT2D eigenvalue weighted by molar-refractivity contribution is 7.98. The summed E-state index contributed by atoms with van der Waals surface area (Å²) in [4.78, 5) is 0. The van der Waals surface area contributed by atoms with E-state index in [2.05, 4.69) is 19.8 Å². The number of benzene rings is 1. The number of fused-ring (bicyclic) bond motifs is 1. The van der Waals surface area contributed by atoms with Gasteiger partial charge < -0.3 is 14.0 Å². The van der Waals surface area contributed by atoms with Crippen molar-refractivity contribution in [3.05, 3.63) is 40.1 Å². The largest absolute Gasteiger partial charge is 0.485 e. The minimum atomic E-state index is -0.295. The zero-order valence-corrected chi connectivity index (χ0v) is 14.9. The van der Waals surface area contributed by atoms with Crippen molar-refractivity contribution in [1.29, 1.82) is 0 Å². The molecule has 10 heteroatoms. The summed E-state index contributed by atoms with van der Waals surface area (Å²) in [5, 5.41) is 13.2. The van der Waals surface area contributed by atoms with Crippen LogP contribution in [0.2, 0.25) is 4.34 Å². The Morgan fingerprint density at radius 3 is 2.92 bits per heavy atom. The average molecular weight is 382 g/mol. The fourth-order valence-electron chi connectivity index (χ4n) is 2.30.